The average Bonchev–Trinajstić information content (AvgIpc) is 2.82. The molecule has 2 aliphatic rings. The molecule has 2 aliphatic heterocycles. The van der Waals surface area contributed by atoms with Gasteiger partial charge in [-0.2, -0.15) is 26.3 Å². The van der Waals surface area contributed by atoms with Crippen LogP contribution in [0.3, 0.4) is 0 Å². The first-order chi connectivity index (χ1) is 17.1. The normalized spacial score (nSPS) is 20.2. The predicted molar refractivity (Wildman–Crippen MR) is 113 cm³/mol. The average molecular weight is 536 g/mol. The number of piperidine rings is 1. The molecule has 1 atom stereocenters. The summed E-state index contributed by atoms with van der Waals surface area (Å²) in [5.41, 5.74) is -4.90. The number of halogens is 8. The molecular formula is C24H20F8N2O3. The Balaban J connectivity index is 1.61. The monoisotopic (exact) mass is 536 g/mol. The molecule has 13 heteroatoms. The third-order valence-corrected chi connectivity index (χ3v) is 6.77. The molecule has 0 aromatic heterocycles. The zero-order valence-electron chi connectivity index (χ0n) is 19.2. The van der Waals surface area contributed by atoms with Gasteiger partial charge in [-0.1, -0.05) is 6.07 Å². The fraction of sp³-hybridized carbons (Fsp3) is 0.417. The fourth-order valence-electron chi connectivity index (χ4n) is 4.78. The Kier molecular flexibility index (Phi) is 6.62. The second kappa shape index (κ2) is 9.18. The summed E-state index contributed by atoms with van der Waals surface area (Å²) in [6, 6.07) is 3.92. The maximum Gasteiger partial charge on any atom is 0.416 e. The third kappa shape index (κ3) is 5.21. The fourth-order valence-corrected chi connectivity index (χ4v) is 4.78. The number of likely N-dealkylation sites (tertiary alicyclic amines) is 1. The van der Waals surface area contributed by atoms with Gasteiger partial charge in [-0.25, -0.2) is 13.6 Å². The largest absolute Gasteiger partial charge is 0.442 e. The molecule has 0 unspecified atom stereocenters. The first kappa shape index (κ1) is 26.7. The van der Waals surface area contributed by atoms with Crippen LogP contribution in [0.1, 0.15) is 45.8 Å². The van der Waals surface area contributed by atoms with E-state index in [1.165, 1.54) is 18.0 Å². The quantitative estimate of drug-likeness (QED) is 0.453. The number of nitrogens with zero attached hydrogens (tertiary/aromatic N) is 2. The lowest BCUT2D eigenvalue weighted by atomic mass is 9.74. The molecule has 2 fully saturated rings. The smallest absolute Gasteiger partial charge is 0.416 e. The molecule has 200 valence electrons. The zero-order chi connectivity index (χ0) is 27.3. The van der Waals surface area contributed by atoms with Crippen molar-refractivity contribution in [3.63, 3.8) is 0 Å². The third-order valence-electron chi connectivity index (χ3n) is 6.77. The van der Waals surface area contributed by atoms with Crippen LogP contribution in [0.15, 0.2) is 36.4 Å². The van der Waals surface area contributed by atoms with E-state index in [-0.39, 0.29) is 38.5 Å². The molecule has 0 radical (unpaired) electrons. The Morgan fingerprint density at radius 3 is 2.00 bits per heavy atom. The summed E-state index contributed by atoms with van der Waals surface area (Å²) < 4.78 is 112. The van der Waals surface area contributed by atoms with Crippen molar-refractivity contribution in [2.45, 2.75) is 36.7 Å². The van der Waals surface area contributed by atoms with E-state index in [2.05, 4.69) is 0 Å². The SMILES string of the molecule is CN1C[C@H](c2ccc(F)c(F)c2)C2(CCN(C(=O)c3cc(C(F)(F)F)cc(C(F)(F)F)c3)CC2)OC1=O. The Labute approximate surface area is 205 Å². The van der Waals surface area contributed by atoms with Crippen molar-refractivity contribution in [2.24, 2.45) is 0 Å². The van der Waals surface area contributed by atoms with Crippen molar-refractivity contribution in [3.8, 4) is 0 Å². The highest BCUT2D eigenvalue weighted by atomic mass is 19.4. The van der Waals surface area contributed by atoms with E-state index in [1.54, 1.807) is 0 Å². The van der Waals surface area contributed by atoms with Gasteiger partial charge < -0.3 is 14.5 Å². The molecule has 2 saturated heterocycles. The number of alkyl halides is 6. The Hall–Kier alpha value is -3.38. The molecule has 0 saturated carbocycles. The standard InChI is InChI=1S/C24H20F8N2O3/c1-33-12-17(13-2-3-18(25)19(26)10-13)22(37-21(33)36)4-6-34(7-5-22)20(35)14-8-15(23(27,28)29)11-16(9-14)24(30,31)32/h2-3,8-11,17H,4-7,12H2,1H3/t17-/m1/s1. The number of carbonyl (C=O) groups excluding carboxylic acids is 2. The van der Waals surface area contributed by atoms with Gasteiger partial charge in [-0.3, -0.25) is 4.79 Å². The van der Waals surface area contributed by atoms with Crippen molar-refractivity contribution in [2.75, 3.05) is 26.7 Å². The lowest BCUT2D eigenvalue weighted by Crippen LogP contribution is -2.58. The molecule has 0 aliphatic carbocycles. The van der Waals surface area contributed by atoms with Crippen LogP contribution in [0.2, 0.25) is 0 Å². The Morgan fingerprint density at radius 2 is 1.49 bits per heavy atom. The van der Waals surface area contributed by atoms with Crippen molar-refractivity contribution in [3.05, 3.63) is 70.3 Å². The van der Waals surface area contributed by atoms with E-state index in [4.69, 9.17) is 4.74 Å². The highest BCUT2D eigenvalue weighted by Crippen LogP contribution is 2.44. The van der Waals surface area contributed by atoms with Crippen LogP contribution >= 0.6 is 0 Å². The molecule has 0 bridgehead atoms. The molecule has 2 aromatic carbocycles. The van der Waals surface area contributed by atoms with E-state index in [9.17, 15) is 44.7 Å². The topological polar surface area (TPSA) is 49.9 Å². The summed E-state index contributed by atoms with van der Waals surface area (Å²) >= 11 is 0. The first-order valence-corrected chi connectivity index (χ1v) is 11.1. The number of ether oxygens (including phenoxy) is 1. The molecule has 2 aromatic rings. The number of benzene rings is 2. The second-order valence-corrected chi connectivity index (χ2v) is 9.13. The lowest BCUT2D eigenvalue weighted by molar-refractivity contribution is -0.143. The van der Waals surface area contributed by atoms with Crippen LogP contribution in [0, 0.1) is 11.6 Å². The molecule has 0 N–H and O–H groups in total. The number of carbonyl (C=O) groups is 2. The van der Waals surface area contributed by atoms with Crippen LogP contribution in [0.25, 0.3) is 0 Å². The van der Waals surface area contributed by atoms with Gasteiger partial charge in [0.15, 0.2) is 11.6 Å². The Bertz CT molecular complexity index is 1190. The van der Waals surface area contributed by atoms with Gasteiger partial charge in [0, 0.05) is 51.0 Å². The van der Waals surface area contributed by atoms with Gasteiger partial charge in [-0.05, 0) is 35.9 Å². The van der Waals surface area contributed by atoms with Crippen LogP contribution in [0.5, 0.6) is 0 Å². The maximum atomic E-state index is 13.9. The first-order valence-electron chi connectivity index (χ1n) is 11.1. The summed E-state index contributed by atoms with van der Waals surface area (Å²) in [5.74, 6) is -3.86. The van der Waals surface area contributed by atoms with Crippen LogP contribution in [0.4, 0.5) is 39.9 Å². The predicted octanol–water partition coefficient (Wildman–Crippen LogP) is 5.84. The lowest BCUT2D eigenvalue weighted by Gasteiger charge is -2.50. The molecule has 1 spiro atoms. The van der Waals surface area contributed by atoms with Gasteiger partial charge in [-0.15, -0.1) is 0 Å². The molecule has 4 rings (SSSR count). The van der Waals surface area contributed by atoms with Crippen molar-refractivity contribution in [1.82, 2.24) is 9.80 Å². The van der Waals surface area contributed by atoms with Crippen molar-refractivity contribution in [1.29, 1.82) is 0 Å². The minimum Gasteiger partial charge on any atom is -0.442 e. The summed E-state index contributed by atoms with van der Waals surface area (Å²) in [6.07, 6.45) is -10.9. The molecule has 2 heterocycles. The van der Waals surface area contributed by atoms with E-state index in [1.807, 2.05) is 0 Å². The number of hydrogen-bond donors (Lipinski definition) is 0. The molecular weight excluding hydrogens is 516 g/mol. The summed E-state index contributed by atoms with van der Waals surface area (Å²) in [5, 5.41) is 0. The summed E-state index contributed by atoms with van der Waals surface area (Å²) in [7, 11) is 1.45. The van der Waals surface area contributed by atoms with E-state index in [0.29, 0.717) is 17.7 Å². The Morgan fingerprint density at radius 1 is 0.919 bits per heavy atom. The highest BCUT2D eigenvalue weighted by molar-refractivity contribution is 5.94. The van der Waals surface area contributed by atoms with Crippen molar-refractivity contribution >= 4 is 12.0 Å². The minimum absolute atomic E-state index is 0.0208. The van der Waals surface area contributed by atoms with Gasteiger partial charge in [0.1, 0.15) is 5.60 Å². The number of likely N-dealkylation sites (N-methyl/N-ethyl adjacent to an activating group) is 1. The van der Waals surface area contributed by atoms with Crippen molar-refractivity contribution < 1.29 is 49.4 Å². The van der Waals surface area contributed by atoms with Gasteiger partial charge in [0.25, 0.3) is 5.91 Å². The molecule has 2 amide bonds. The minimum atomic E-state index is -5.11. The van der Waals surface area contributed by atoms with Gasteiger partial charge in [0.05, 0.1) is 11.1 Å². The number of rotatable bonds is 2. The highest BCUT2D eigenvalue weighted by Gasteiger charge is 2.50. The summed E-state index contributed by atoms with van der Waals surface area (Å²) in [4.78, 5) is 27.6. The van der Waals surface area contributed by atoms with Crippen LogP contribution in [-0.4, -0.2) is 54.1 Å². The van der Waals surface area contributed by atoms with E-state index in [0.717, 1.165) is 17.0 Å². The molecule has 5 nitrogen and oxygen atoms in total. The van der Waals surface area contributed by atoms with E-state index < -0.39 is 64.2 Å². The maximum absolute atomic E-state index is 13.9. The van der Waals surface area contributed by atoms with Crippen LogP contribution in [-0.2, 0) is 17.1 Å². The summed E-state index contributed by atoms with van der Waals surface area (Å²) in [6.45, 7) is -0.234. The number of amides is 2. The van der Waals surface area contributed by atoms with Gasteiger partial charge >= 0.3 is 18.4 Å². The van der Waals surface area contributed by atoms with Crippen LogP contribution < -0.4 is 0 Å². The molecule has 37 heavy (non-hydrogen) atoms. The van der Waals surface area contributed by atoms with Gasteiger partial charge in [0.2, 0.25) is 0 Å². The van der Waals surface area contributed by atoms with E-state index >= 15 is 0 Å². The second-order valence-electron chi connectivity index (χ2n) is 9.13. The zero-order valence-corrected chi connectivity index (χ0v) is 19.2. The number of hydrogen-bond acceptors (Lipinski definition) is 3.